The summed E-state index contributed by atoms with van der Waals surface area (Å²) in [6.07, 6.45) is 0. The zero-order chi connectivity index (χ0) is 12.3. The van der Waals surface area contributed by atoms with E-state index in [4.69, 9.17) is 4.42 Å². The topological polar surface area (TPSA) is 73.6 Å². The maximum Gasteiger partial charge on any atom is 0.373 e. The predicted octanol–water partition coefficient (Wildman–Crippen LogP) is 1.39. The predicted molar refractivity (Wildman–Crippen MR) is 57.8 cm³/mol. The molecule has 1 aromatic rings. The van der Waals surface area contributed by atoms with Gasteiger partial charge in [0, 0.05) is 0 Å². The van der Waals surface area contributed by atoms with Crippen LogP contribution in [0.15, 0.2) is 16.5 Å². The third-order valence-electron chi connectivity index (χ3n) is 2.11. The highest BCUT2D eigenvalue weighted by Crippen LogP contribution is 2.14. The molecule has 5 nitrogen and oxygen atoms in total. The van der Waals surface area contributed by atoms with Crippen molar-refractivity contribution >= 4 is 15.8 Å². The Hall–Kier alpha value is -1.30. The van der Waals surface area contributed by atoms with Gasteiger partial charge in [-0.3, -0.25) is 0 Å². The van der Waals surface area contributed by atoms with Gasteiger partial charge in [-0.15, -0.1) is 0 Å². The van der Waals surface area contributed by atoms with Gasteiger partial charge in [0.25, 0.3) is 0 Å². The van der Waals surface area contributed by atoms with E-state index in [9.17, 15) is 13.2 Å². The highest BCUT2D eigenvalue weighted by atomic mass is 32.2. The average Bonchev–Trinajstić information content (AvgIpc) is 2.64. The summed E-state index contributed by atoms with van der Waals surface area (Å²) in [4.78, 5) is 11.1. The second-order valence-corrected chi connectivity index (χ2v) is 6.17. The fourth-order valence-corrected chi connectivity index (χ4v) is 1.92. The largest absolute Gasteiger partial charge is 0.463 e. The molecule has 1 heterocycles. The van der Waals surface area contributed by atoms with Crippen molar-refractivity contribution in [3.63, 3.8) is 0 Å². The van der Waals surface area contributed by atoms with Crippen molar-refractivity contribution in [2.45, 2.75) is 24.9 Å². The minimum absolute atomic E-state index is 0.0106. The zero-order valence-electron chi connectivity index (χ0n) is 9.39. The molecule has 6 heteroatoms. The maximum absolute atomic E-state index is 11.6. The molecule has 1 rings (SSSR count). The molecule has 0 aliphatic heterocycles. The standard InChI is InChI=1S/C10H14O5S/c1-7(2)16(12,13)6-8-4-5-9(15-8)10(11)14-3/h4-5,7H,6H2,1-3H3. The van der Waals surface area contributed by atoms with E-state index < -0.39 is 21.1 Å². The van der Waals surface area contributed by atoms with Crippen LogP contribution in [0.5, 0.6) is 0 Å². The Morgan fingerprint density at radius 1 is 1.44 bits per heavy atom. The third-order valence-corrected chi connectivity index (χ3v) is 4.23. The molecule has 0 radical (unpaired) electrons. The molecule has 0 aliphatic rings. The summed E-state index contributed by atoms with van der Waals surface area (Å²) in [6, 6.07) is 2.86. The van der Waals surface area contributed by atoms with Crippen LogP contribution >= 0.6 is 0 Å². The van der Waals surface area contributed by atoms with E-state index >= 15 is 0 Å². The quantitative estimate of drug-likeness (QED) is 0.750. The molecular weight excluding hydrogens is 232 g/mol. The number of hydrogen-bond acceptors (Lipinski definition) is 5. The van der Waals surface area contributed by atoms with Gasteiger partial charge in [-0.05, 0) is 26.0 Å². The monoisotopic (exact) mass is 246 g/mol. The Balaban J connectivity index is 2.85. The number of hydrogen-bond donors (Lipinski definition) is 0. The molecule has 0 N–H and O–H groups in total. The number of carbonyl (C=O) groups is 1. The fourth-order valence-electron chi connectivity index (χ4n) is 1.03. The highest BCUT2D eigenvalue weighted by Gasteiger charge is 2.20. The summed E-state index contributed by atoms with van der Waals surface area (Å²) >= 11 is 0. The minimum atomic E-state index is -3.22. The van der Waals surface area contributed by atoms with E-state index in [2.05, 4.69) is 4.74 Å². The van der Waals surface area contributed by atoms with E-state index in [1.165, 1.54) is 19.2 Å². The lowest BCUT2D eigenvalue weighted by molar-refractivity contribution is 0.0563. The van der Waals surface area contributed by atoms with Gasteiger partial charge in [-0.25, -0.2) is 13.2 Å². The molecule has 0 bridgehead atoms. The second kappa shape index (κ2) is 4.69. The number of esters is 1. The molecular formula is C10H14O5S. The number of rotatable bonds is 4. The summed E-state index contributed by atoms with van der Waals surface area (Å²) in [6.45, 7) is 3.19. The van der Waals surface area contributed by atoms with Crippen molar-refractivity contribution in [1.29, 1.82) is 0 Å². The maximum atomic E-state index is 11.6. The van der Waals surface area contributed by atoms with Crippen molar-refractivity contribution in [2.75, 3.05) is 7.11 Å². The molecule has 0 saturated heterocycles. The number of ether oxygens (including phenoxy) is 1. The lowest BCUT2D eigenvalue weighted by Crippen LogP contribution is -2.15. The summed E-state index contributed by atoms with van der Waals surface area (Å²) < 4.78 is 32.7. The van der Waals surface area contributed by atoms with Gasteiger partial charge in [0.1, 0.15) is 11.5 Å². The summed E-state index contributed by atoms with van der Waals surface area (Å²) in [5.41, 5.74) is 0. The Morgan fingerprint density at radius 2 is 2.06 bits per heavy atom. The Kier molecular flexibility index (Phi) is 3.74. The van der Waals surface area contributed by atoms with E-state index in [0.29, 0.717) is 0 Å². The van der Waals surface area contributed by atoms with Crippen molar-refractivity contribution in [2.24, 2.45) is 0 Å². The molecule has 1 aromatic heterocycles. The third kappa shape index (κ3) is 2.85. The van der Waals surface area contributed by atoms with E-state index in [1.807, 2.05) is 0 Å². The second-order valence-electron chi connectivity index (χ2n) is 3.61. The van der Waals surface area contributed by atoms with Crippen LogP contribution in [0.2, 0.25) is 0 Å². The van der Waals surface area contributed by atoms with Crippen molar-refractivity contribution in [1.82, 2.24) is 0 Å². The number of furan rings is 1. The molecule has 0 atom stereocenters. The Bertz CT molecular complexity index is 469. The van der Waals surface area contributed by atoms with Gasteiger partial charge in [0.2, 0.25) is 5.76 Å². The molecule has 0 saturated carbocycles. The van der Waals surface area contributed by atoms with Gasteiger partial charge in [-0.2, -0.15) is 0 Å². The molecule has 0 spiro atoms. The lowest BCUT2D eigenvalue weighted by atomic mass is 10.4. The van der Waals surface area contributed by atoms with Gasteiger partial charge in [0.05, 0.1) is 12.4 Å². The fraction of sp³-hybridized carbons (Fsp3) is 0.500. The highest BCUT2D eigenvalue weighted by molar-refractivity contribution is 7.91. The first kappa shape index (κ1) is 12.8. The van der Waals surface area contributed by atoms with Crippen molar-refractivity contribution < 1.29 is 22.4 Å². The van der Waals surface area contributed by atoms with Crippen LogP contribution in [-0.2, 0) is 20.3 Å². The summed E-state index contributed by atoms with van der Waals surface area (Å²) in [5, 5.41) is -0.473. The zero-order valence-corrected chi connectivity index (χ0v) is 10.2. The van der Waals surface area contributed by atoms with Crippen molar-refractivity contribution in [3.8, 4) is 0 Å². The van der Waals surface area contributed by atoms with Crippen LogP contribution < -0.4 is 0 Å². The van der Waals surface area contributed by atoms with Gasteiger partial charge in [-0.1, -0.05) is 0 Å². The molecule has 0 amide bonds. The van der Waals surface area contributed by atoms with Crippen LogP contribution in [0.1, 0.15) is 30.2 Å². The van der Waals surface area contributed by atoms with Crippen LogP contribution in [0.4, 0.5) is 0 Å². The molecule has 0 unspecified atom stereocenters. The van der Waals surface area contributed by atoms with Crippen LogP contribution in [-0.4, -0.2) is 26.7 Å². The van der Waals surface area contributed by atoms with Crippen molar-refractivity contribution in [3.05, 3.63) is 23.7 Å². The smallest absolute Gasteiger partial charge is 0.373 e. The van der Waals surface area contributed by atoms with E-state index in [0.717, 1.165) is 0 Å². The van der Waals surface area contributed by atoms with E-state index in [1.54, 1.807) is 13.8 Å². The number of sulfone groups is 1. The molecule has 90 valence electrons. The average molecular weight is 246 g/mol. The summed E-state index contributed by atoms with van der Waals surface area (Å²) in [5.74, 6) is -0.569. The molecule has 0 fully saturated rings. The molecule has 0 aliphatic carbocycles. The Morgan fingerprint density at radius 3 is 2.56 bits per heavy atom. The first-order chi connectivity index (χ1) is 7.36. The first-order valence-electron chi connectivity index (χ1n) is 4.75. The van der Waals surface area contributed by atoms with Crippen LogP contribution in [0.25, 0.3) is 0 Å². The van der Waals surface area contributed by atoms with Gasteiger partial charge in [0.15, 0.2) is 9.84 Å². The minimum Gasteiger partial charge on any atom is -0.463 e. The van der Waals surface area contributed by atoms with Crippen LogP contribution in [0.3, 0.4) is 0 Å². The molecule has 0 aromatic carbocycles. The summed E-state index contributed by atoms with van der Waals surface area (Å²) in [7, 11) is -1.98. The first-order valence-corrected chi connectivity index (χ1v) is 6.47. The normalized spacial score (nSPS) is 11.8. The van der Waals surface area contributed by atoms with Gasteiger partial charge >= 0.3 is 5.97 Å². The van der Waals surface area contributed by atoms with E-state index in [-0.39, 0.29) is 17.3 Å². The van der Waals surface area contributed by atoms with Gasteiger partial charge < -0.3 is 9.15 Å². The number of carbonyl (C=O) groups excluding carboxylic acids is 1. The molecule has 16 heavy (non-hydrogen) atoms. The SMILES string of the molecule is COC(=O)c1ccc(CS(=O)(=O)C(C)C)o1. The number of methoxy groups -OCH3 is 1. The lowest BCUT2D eigenvalue weighted by Gasteiger charge is -2.04. The Labute approximate surface area is 94.3 Å². The van der Waals surface area contributed by atoms with Crippen LogP contribution in [0, 0.1) is 0 Å².